The maximum absolute atomic E-state index is 12.1. The van der Waals surface area contributed by atoms with E-state index in [9.17, 15) is 49.0 Å². The Labute approximate surface area is 234 Å². The van der Waals surface area contributed by atoms with Gasteiger partial charge in [-0.2, -0.15) is 8.42 Å². The molecule has 0 aromatic heterocycles. The molecule has 240 valence electrons. The highest BCUT2D eigenvalue weighted by atomic mass is 32.2. The lowest BCUT2D eigenvalue weighted by Gasteiger charge is -2.50. The number of carbonyl (C=O) groups is 1. The molecule has 15 unspecified atom stereocenters. The fourth-order valence-corrected chi connectivity index (χ4v) is 6.10. The van der Waals surface area contributed by atoms with Crippen molar-refractivity contribution in [1.29, 1.82) is 0 Å². The summed E-state index contributed by atoms with van der Waals surface area (Å²) >= 11 is 0. The molecule has 20 heteroatoms. The molecule has 0 aromatic rings. The summed E-state index contributed by atoms with van der Waals surface area (Å²) in [6.07, 6.45) is -21.6. The number of aliphatic hydroxyl groups is 7. The van der Waals surface area contributed by atoms with Crippen molar-refractivity contribution in [3.05, 3.63) is 0 Å². The van der Waals surface area contributed by atoms with Crippen LogP contribution in [-0.2, 0) is 47.7 Å². The van der Waals surface area contributed by atoms with Crippen molar-refractivity contribution in [2.24, 2.45) is 0 Å². The van der Waals surface area contributed by atoms with Gasteiger partial charge in [-0.25, -0.2) is 5.26 Å². The van der Waals surface area contributed by atoms with E-state index in [1.807, 2.05) is 0 Å². The molecule has 1 amide bonds. The second-order valence-electron chi connectivity index (χ2n) is 9.81. The Morgan fingerprint density at radius 3 is 1.88 bits per heavy atom. The molecule has 3 rings (SSSR count). The Morgan fingerprint density at radius 1 is 0.805 bits per heavy atom. The quantitative estimate of drug-likeness (QED) is 0.0808. The molecule has 3 aliphatic rings. The molecule has 3 aliphatic heterocycles. The molecule has 0 aliphatic carbocycles. The highest BCUT2D eigenvalue weighted by Crippen LogP contribution is 2.34. The minimum atomic E-state index is -4.96. The molecule has 0 saturated carbocycles. The van der Waals surface area contributed by atoms with Crippen LogP contribution in [0, 0.1) is 0 Å². The van der Waals surface area contributed by atoms with E-state index in [1.54, 1.807) is 0 Å². The molecular formula is C21H37NO18S. The van der Waals surface area contributed by atoms with Gasteiger partial charge in [-0.3, -0.25) is 4.79 Å². The lowest BCUT2D eigenvalue weighted by molar-refractivity contribution is -0.366. The zero-order valence-corrected chi connectivity index (χ0v) is 23.0. The van der Waals surface area contributed by atoms with Crippen LogP contribution in [0.5, 0.6) is 0 Å². The van der Waals surface area contributed by atoms with Crippen LogP contribution in [0.2, 0.25) is 0 Å². The molecule has 0 spiro atoms. The van der Waals surface area contributed by atoms with Crippen LogP contribution in [0.25, 0.3) is 0 Å². The van der Waals surface area contributed by atoms with Gasteiger partial charge in [-0.05, 0) is 6.92 Å². The fourth-order valence-electron chi connectivity index (χ4n) is 4.97. The molecule has 0 radical (unpaired) electrons. The zero-order valence-electron chi connectivity index (χ0n) is 22.1. The molecule has 41 heavy (non-hydrogen) atoms. The summed E-state index contributed by atoms with van der Waals surface area (Å²) in [4.78, 5) is 12.1. The predicted molar refractivity (Wildman–Crippen MR) is 127 cm³/mol. The summed E-state index contributed by atoms with van der Waals surface area (Å²) in [5, 5.41) is 81.0. The van der Waals surface area contributed by atoms with Gasteiger partial charge >= 0.3 is 10.1 Å². The van der Waals surface area contributed by atoms with E-state index in [-0.39, 0.29) is 0 Å². The number of ether oxygens (including phenoxy) is 6. The minimum absolute atomic E-state index is 0.619. The standard InChI is InChI=1S/C21H37NO18S/c1-6-11(26)12(27)14(29)20(35-6)39-17-10(22-7(2)25)19(34-3)36-8(4-23)16(17)38-21-15(30)13(28)18(9(5-24)37-21)41(32,33)40-31/h6,8-21,23-24,26-31H,4-5H2,1-3H3,(H,22,25). The van der Waals surface area contributed by atoms with Crippen LogP contribution in [0.4, 0.5) is 0 Å². The molecule has 9 N–H and O–H groups in total. The van der Waals surface area contributed by atoms with Gasteiger partial charge in [0.2, 0.25) is 5.91 Å². The van der Waals surface area contributed by atoms with Gasteiger partial charge in [0.05, 0.1) is 19.3 Å². The predicted octanol–water partition coefficient (Wildman–Crippen LogP) is -5.92. The third-order valence-corrected chi connectivity index (χ3v) is 8.53. The smallest absolute Gasteiger partial charge is 0.301 e. The monoisotopic (exact) mass is 623 g/mol. The van der Waals surface area contributed by atoms with Crippen LogP contribution in [-0.4, -0.2) is 167 Å². The van der Waals surface area contributed by atoms with Crippen molar-refractivity contribution in [3.63, 3.8) is 0 Å². The third-order valence-electron chi connectivity index (χ3n) is 7.08. The number of aliphatic hydroxyl groups excluding tert-OH is 7. The number of hydrogen-bond donors (Lipinski definition) is 9. The van der Waals surface area contributed by atoms with Crippen molar-refractivity contribution < 1.29 is 87.0 Å². The van der Waals surface area contributed by atoms with Gasteiger partial charge in [0, 0.05) is 14.0 Å². The average molecular weight is 624 g/mol. The largest absolute Gasteiger partial charge is 0.394 e. The van der Waals surface area contributed by atoms with E-state index >= 15 is 0 Å². The van der Waals surface area contributed by atoms with Crippen LogP contribution < -0.4 is 5.32 Å². The van der Waals surface area contributed by atoms with Crippen LogP contribution in [0.1, 0.15) is 13.8 Å². The first-order valence-corrected chi connectivity index (χ1v) is 14.0. The van der Waals surface area contributed by atoms with Gasteiger partial charge < -0.3 is 69.5 Å². The van der Waals surface area contributed by atoms with E-state index in [0.717, 1.165) is 6.92 Å². The highest BCUT2D eigenvalue weighted by Gasteiger charge is 2.56. The Morgan fingerprint density at radius 2 is 1.34 bits per heavy atom. The summed E-state index contributed by atoms with van der Waals surface area (Å²) in [7, 11) is -3.75. The Kier molecular flexibility index (Phi) is 11.8. The number of amides is 1. The van der Waals surface area contributed by atoms with E-state index in [2.05, 4.69) is 9.65 Å². The summed E-state index contributed by atoms with van der Waals surface area (Å²) < 4.78 is 61.2. The van der Waals surface area contributed by atoms with Crippen molar-refractivity contribution >= 4 is 16.0 Å². The molecule has 0 aromatic carbocycles. The Balaban J connectivity index is 1.98. The summed E-state index contributed by atoms with van der Waals surface area (Å²) in [6, 6.07) is -1.28. The molecule has 0 bridgehead atoms. The van der Waals surface area contributed by atoms with Crippen molar-refractivity contribution in [3.8, 4) is 0 Å². The first kappa shape index (κ1) is 34.3. The number of carbonyl (C=O) groups excluding carboxylic acids is 1. The van der Waals surface area contributed by atoms with Crippen molar-refractivity contribution in [1.82, 2.24) is 5.32 Å². The zero-order chi connectivity index (χ0) is 30.8. The number of hydrogen-bond acceptors (Lipinski definition) is 18. The minimum Gasteiger partial charge on any atom is -0.394 e. The van der Waals surface area contributed by atoms with Crippen LogP contribution in [0.3, 0.4) is 0 Å². The van der Waals surface area contributed by atoms with Crippen molar-refractivity contribution in [2.45, 2.75) is 105 Å². The van der Waals surface area contributed by atoms with E-state index in [4.69, 9.17) is 33.7 Å². The molecule has 15 atom stereocenters. The average Bonchev–Trinajstić information content (AvgIpc) is 2.93. The van der Waals surface area contributed by atoms with Crippen LogP contribution in [0.15, 0.2) is 0 Å². The summed E-state index contributed by atoms with van der Waals surface area (Å²) in [5.74, 6) is -0.619. The SMILES string of the molecule is COC1OC(CO)C(OC2OC(CO)C(S(=O)(=O)OO)C(O)C2O)C(OC2OC(C)C(O)C(O)C2O)C1NC(C)=O. The maximum Gasteiger partial charge on any atom is 0.301 e. The summed E-state index contributed by atoms with van der Waals surface area (Å²) in [5.41, 5.74) is 0. The maximum atomic E-state index is 12.1. The Bertz CT molecular complexity index is 970. The van der Waals surface area contributed by atoms with Gasteiger partial charge in [-0.1, -0.05) is 0 Å². The normalized spacial score (nSPS) is 45.8. The number of methoxy groups -OCH3 is 1. The molecule has 19 nitrogen and oxygen atoms in total. The van der Waals surface area contributed by atoms with Crippen molar-refractivity contribution in [2.75, 3.05) is 20.3 Å². The Hall–Kier alpha value is -1.18. The first-order chi connectivity index (χ1) is 19.2. The summed E-state index contributed by atoms with van der Waals surface area (Å²) in [6.45, 7) is 0.679. The molecular weight excluding hydrogens is 586 g/mol. The van der Waals surface area contributed by atoms with Gasteiger partial charge in [0.25, 0.3) is 0 Å². The second kappa shape index (κ2) is 14.1. The second-order valence-corrected chi connectivity index (χ2v) is 11.5. The number of rotatable bonds is 10. The third kappa shape index (κ3) is 7.15. The lowest BCUT2D eigenvalue weighted by Crippen LogP contribution is -2.70. The lowest BCUT2D eigenvalue weighted by atomic mass is 9.94. The van der Waals surface area contributed by atoms with E-state index in [0.29, 0.717) is 0 Å². The first-order valence-electron chi connectivity index (χ1n) is 12.5. The van der Waals surface area contributed by atoms with Crippen LogP contribution >= 0.6 is 0 Å². The topological polar surface area (TPSA) is 290 Å². The van der Waals surface area contributed by atoms with Gasteiger partial charge in [-0.15, -0.1) is 4.33 Å². The fraction of sp³-hybridized carbons (Fsp3) is 0.952. The van der Waals surface area contributed by atoms with Gasteiger partial charge in [0.15, 0.2) is 18.9 Å². The van der Waals surface area contributed by atoms with E-state index < -0.39 is 120 Å². The highest BCUT2D eigenvalue weighted by molar-refractivity contribution is 7.87. The van der Waals surface area contributed by atoms with Gasteiger partial charge in [0.1, 0.15) is 66.2 Å². The molecule has 3 heterocycles. The molecule has 3 saturated heterocycles. The number of nitrogens with one attached hydrogen (secondary N) is 1. The molecule has 3 fully saturated rings. The van der Waals surface area contributed by atoms with E-state index in [1.165, 1.54) is 14.0 Å².